The normalized spacial score (nSPS) is 11.6. The molecule has 0 radical (unpaired) electrons. The largest absolute Gasteiger partial charge is 0.384 e. The summed E-state index contributed by atoms with van der Waals surface area (Å²) < 4.78 is 0. The molecule has 1 unspecified atom stereocenters. The molecule has 3 aromatic rings. The molecule has 3 rings (SSSR count). The molecule has 0 fully saturated rings. The Labute approximate surface area is 243 Å². The summed E-state index contributed by atoms with van der Waals surface area (Å²) in [5.74, 6) is 0.589. The highest BCUT2D eigenvalue weighted by Crippen LogP contribution is 2.27. The van der Waals surface area contributed by atoms with Crippen LogP contribution in [0, 0.1) is 13.8 Å². The number of nitrogens with two attached hydrogens (primary N) is 1. The summed E-state index contributed by atoms with van der Waals surface area (Å²) in [4.78, 5) is 24.3. The highest BCUT2D eigenvalue weighted by Gasteiger charge is 2.13. The molecular weight excluding hydrogens is 494 g/mol. The summed E-state index contributed by atoms with van der Waals surface area (Å²) in [6, 6.07) is 14.1. The van der Waals surface area contributed by atoms with Crippen molar-refractivity contribution < 1.29 is 4.79 Å². The van der Waals surface area contributed by atoms with E-state index in [2.05, 4.69) is 61.6 Å². The van der Waals surface area contributed by atoms with Crippen LogP contribution in [0.2, 0.25) is 0 Å². The van der Waals surface area contributed by atoms with E-state index in [1.54, 1.807) is 19.0 Å². The van der Waals surface area contributed by atoms with Crippen molar-refractivity contribution >= 4 is 17.8 Å². The monoisotopic (exact) mass is 545 g/mol. The Morgan fingerprint density at radius 3 is 2.17 bits per heavy atom. The molecule has 2 N–H and O–H groups in total. The number of nitrogens with zero attached hydrogens (tertiary/aromatic N) is 4. The third-order valence-electron chi connectivity index (χ3n) is 6.56. The second kappa shape index (κ2) is 18.0. The molecule has 0 aliphatic heterocycles. The van der Waals surface area contributed by atoms with Crippen LogP contribution >= 0.6 is 0 Å². The van der Waals surface area contributed by atoms with Gasteiger partial charge in [-0.1, -0.05) is 57.0 Å². The van der Waals surface area contributed by atoms with Gasteiger partial charge in [-0.2, -0.15) is 0 Å². The Morgan fingerprint density at radius 2 is 1.65 bits per heavy atom. The zero-order valence-electron chi connectivity index (χ0n) is 26.5. The maximum atomic E-state index is 11.4. The number of rotatable bonds is 9. The molecule has 0 saturated heterocycles. The Balaban J connectivity index is 0.000000477. The van der Waals surface area contributed by atoms with E-state index in [4.69, 9.17) is 5.73 Å². The molecule has 0 aliphatic carbocycles. The number of benzene rings is 1. The van der Waals surface area contributed by atoms with E-state index < -0.39 is 0 Å². The van der Waals surface area contributed by atoms with Gasteiger partial charge in [0.2, 0.25) is 0 Å². The molecule has 40 heavy (non-hydrogen) atoms. The molecule has 1 amide bonds. The number of pyridine rings is 2. The lowest BCUT2D eigenvalue weighted by molar-refractivity contribution is 0.0827. The van der Waals surface area contributed by atoms with Crippen LogP contribution in [0.1, 0.15) is 81.6 Å². The maximum absolute atomic E-state index is 11.4. The number of amides is 1. The Hall–Kier alpha value is -3.51. The zero-order chi connectivity index (χ0) is 30.2. The summed E-state index contributed by atoms with van der Waals surface area (Å²) in [7, 11) is 3.50. The molecule has 0 aliphatic rings. The fraction of sp³-hybridized carbons (Fsp3) is 0.441. The lowest BCUT2D eigenvalue weighted by Crippen LogP contribution is -2.34. The average Bonchev–Trinajstić information content (AvgIpc) is 2.95. The number of hydrogen-bond donors (Lipinski definition) is 1. The molecule has 6 nitrogen and oxygen atoms in total. The Bertz CT molecular complexity index is 1180. The van der Waals surface area contributed by atoms with E-state index in [1.807, 2.05) is 69.6 Å². The van der Waals surface area contributed by atoms with E-state index in [-0.39, 0.29) is 5.91 Å². The average molecular weight is 546 g/mol. The number of hydrogen-bond acceptors (Lipinski definition) is 5. The van der Waals surface area contributed by atoms with Crippen LogP contribution < -0.4 is 5.73 Å². The van der Waals surface area contributed by atoms with Gasteiger partial charge in [-0.15, -0.1) is 0 Å². The van der Waals surface area contributed by atoms with E-state index in [0.29, 0.717) is 11.9 Å². The standard InChI is InChI=1S/C22H32N4.C10H13NO.C2H6/c1-6-12-26(17(4)7-2)15-16(3)13-21-18(5)24-11-10-20(21)19-8-9-22(23)25-14-19;1-8-4-6-9(7-5-8)10(12)11(2)3;1-2/h8-11,13-14,17H,6-7,12,15H2,1-5H3,(H2,23,25);4-7H,1-3H3;1-2H3/b16-13+;;. The summed E-state index contributed by atoms with van der Waals surface area (Å²) in [6.07, 6.45) is 8.31. The number of aryl methyl sites for hydroxylation is 2. The third-order valence-corrected chi connectivity index (χ3v) is 6.56. The number of aromatic nitrogens is 2. The van der Waals surface area contributed by atoms with E-state index in [1.165, 1.54) is 24.0 Å². The first-order valence-corrected chi connectivity index (χ1v) is 14.4. The first-order chi connectivity index (χ1) is 19.1. The van der Waals surface area contributed by atoms with Crippen molar-refractivity contribution in [2.45, 2.75) is 74.3 Å². The molecule has 1 aromatic carbocycles. The maximum Gasteiger partial charge on any atom is 0.253 e. The quantitative estimate of drug-likeness (QED) is 0.299. The first-order valence-electron chi connectivity index (χ1n) is 14.4. The molecule has 6 heteroatoms. The molecular formula is C34H51N5O. The minimum absolute atomic E-state index is 0.0509. The Morgan fingerprint density at radius 1 is 1.00 bits per heavy atom. The molecule has 2 aromatic heterocycles. The van der Waals surface area contributed by atoms with Gasteiger partial charge < -0.3 is 10.6 Å². The minimum Gasteiger partial charge on any atom is -0.384 e. The van der Waals surface area contributed by atoms with Gasteiger partial charge in [0.1, 0.15) is 5.82 Å². The van der Waals surface area contributed by atoms with Crippen molar-refractivity contribution in [1.29, 1.82) is 0 Å². The fourth-order valence-corrected chi connectivity index (χ4v) is 4.14. The van der Waals surface area contributed by atoms with Crippen LogP contribution in [-0.4, -0.2) is 58.9 Å². The van der Waals surface area contributed by atoms with Crippen LogP contribution in [0.25, 0.3) is 17.2 Å². The van der Waals surface area contributed by atoms with Crippen molar-refractivity contribution in [2.24, 2.45) is 0 Å². The van der Waals surface area contributed by atoms with Crippen molar-refractivity contribution in [2.75, 3.05) is 32.9 Å². The van der Waals surface area contributed by atoms with E-state index >= 15 is 0 Å². The van der Waals surface area contributed by atoms with Crippen molar-refractivity contribution in [1.82, 2.24) is 19.8 Å². The predicted molar refractivity (Wildman–Crippen MR) is 172 cm³/mol. The molecule has 218 valence electrons. The number of carbonyl (C=O) groups excluding carboxylic acids is 1. The van der Waals surface area contributed by atoms with Crippen LogP contribution in [0.3, 0.4) is 0 Å². The molecule has 2 heterocycles. The number of nitrogen functional groups attached to an aromatic ring is 1. The van der Waals surface area contributed by atoms with E-state index in [0.717, 1.165) is 41.0 Å². The van der Waals surface area contributed by atoms with E-state index in [9.17, 15) is 4.79 Å². The van der Waals surface area contributed by atoms with Crippen LogP contribution in [0.4, 0.5) is 5.82 Å². The summed E-state index contributed by atoms with van der Waals surface area (Å²) in [6.45, 7) is 19.2. The Kier molecular flexibility index (Phi) is 15.5. The smallest absolute Gasteiger partial charge is 0.253 e. The van der Waals surface area contributed by atoms with Crippen molar-refractivity contribution in [3.05, 3.63) is 82.8 Å². The summed E-state index contributed by atoms with van der Waals surface area (Å²) in [5, 5.41) is 0. The second-order valence-electron chi connectivity index (χ2n) is 10.1. The van der Waals surface area contributed by atoms with Gasteiger partial charge in [-0.25, -0.2) is 4.98 Å². The van der Waals surface area contributed by atoms with Gasteiger partial charge in [-0.3, -0.25) is 14.7 Å². The highest BCUT2D eigenvalue weighted by atomic mass is 16.2. The van der Waals surface area contributed by atoms with Crippen LogP contribution in [0.5, 0.6) is 0 Å². The lowest BCUT2D eigenvalue weighted by atomic mass is 9.98. The fourth-order valence-electron chi connectivity index (χ4n) is 4.14. The van der Waals surface area contributed by atoms with Gasteiger partial charge >= 0.3 is 0 Å². The minimum atomic E-state index is 0.0509. The topological polar surface area (TPSA) is 75.3 Å². The molecule has 0 spiro atoms. The summed E-state index contributed by atoms with van der Waals surface area (Å²) in [5.41, 5.74) is 13.4. The highest BCUT2D eigenvalue weighted by molar-refractivity contribution is 5.93. The van der Waals surface area contributed by atoms with Gasteiger partial charge in [-0.05, 0) is 83.0 Å². The van der Waals surface area contributed by atoms with Crippen molar-refractivity contribution in [3.63, 3.8) is 0 Å². The summed E-state index contributed by atoms with van der Waals surface area (Å²) >= 11 is 0. The first kappa shape index (κ1) is 34.5. The zero-order valence-corrected chi connectivity index (χ0v) is 26.5. The van der Waals surface area contributed by atoms with Gasteiger partial charge in [0.15, 0.2) is 0 Å². The lowest BCUT2D eigenvalue weighted by Gasteiger charge is -2.28. The van der Waals surface area contributed by atoms with Crippen LogP contribution in [-0.2, 0) is 0 Å². The van der Waals surface area contributed by atoms with Gasteiger partial charge in [0, 0.05) is 61.5 Å². The number of anilines is 1. The molecule has 0 bridgehead atoms. The van der Waals surface area contributed by atoms with Gasteiger partial charge in [0.25, 0.3) is 5.91 Å². The molecule has 1 atom stereocenters. The SMILES string of the molecule is CC.CCCN(C/C(C)=C/c1c(-c2ccc(N)nc2)ccnc1C)C(C)CC.Cc1ccc(C(=O)N(C)C)cc1. The van der Waals surface area contributed by atoms with Gasteiger partial charge in [0.05, 0.1) is 0 Å². The number of carbonyl (C=O) groups is 1. The molecule has 0 saturated carbocycles. The van der Waals surface area contributed by atoms with Crippen molar-refractivity contribution in [3.8, 4) is 11.1 Å². The van der Waals surface area contributed by atoms with Crippen LogP contribution in [0.15, 0.2) is 60.4 Å². The second-order valence-corrected chi connectivity index (χ2v) is 10.1. The third kappa shape index (κ3) is 10.9. The predicted octanol–water partition coefficient (Wildman–Crippen LogP) is 7.67.